The summed E-state index contributed by atoms with van der Waals surface area (Å²) >= 11 is 0. The van der Waals surface area contributed by atoms with Crippen LogP contribution in [0, 0.1) is 12.7 Å². The minimum atomic E-state index is -3.43. The first-order valence-corrected chi connectivity index (χ1v) is 8.17. The van der Waals surface area contributed by atoms with E-state index in [9.17, 15) is 17.6 Å². The third-order valence-corrected chi connectivity index (χ3v) is 4.60. The van der Waals surface area contributed by atoms with E-state index >= 15 is 0 Å². The molecule has 1 fully saturated rings. The summed E-state index contributed by atoms with van der Waals surface area (Å²) in [7, 11) is -3.43. The summed E-state index contributed by atoms with van der Waals surface area (Å²) in [5, 5.41) is 2.48. The predicted octanol–water partition coefficient (Wildman–Crippen LogP) is 1.50. The number of sulfonamides is 1. The van der Waals surface area contributed by atoms with Crippen molar-refractivity contribution < 1.29 is 17.6 Å². The van der Waals surface area contributed by atoms with Gasteiger partial charge >= 0.3 is 0 Å². The van der Waals surface area contributed by atoms with Crippen molar-refractivity contribution >= 4 is 21.6 Å². The van der Waals surface area contributed by atoms with Crippen molar-refractivity contribution in [1.29, 1.82) is 0 Å². The van der Waals surface area contributed by atoms with Gasteiger partial charge in [-0.05, 0) is 37.5 Å². The Bertz CT molecular complexity index is 631. The van der Waals surface area contributed by atoms with Gasteiger partial charge in [-0.15, -0.1) is 0 Å². The van der Waals surface area contributed by atoms with E-state index in [1.807, 2.05) is 0 Å². The highest BCUT2D eigenvalue weighted by atomic mass is 32.2. The van der Waals surface area contributed by atoms with Crippen molar-refractivity contribution in [1.82, 2.24) is 4.31 Å². The molecule has 0 saturated carbocycles. The maximum absolute atomic E-state index is 13.6. The van der Waals surface area contributed by atoms with E-state index in [2.05, 4.69) is 5.32 Å². The Labute approximate surface area is 117 Å². The van der Waals surface area contributed by atoms with Gasteiger partial charge in [0.15, 0.2) is 0 Å². The molecule has 20 heavy (non-hydrogen) atoms. The van der Waals surface area contributed by atoms with Crippen molar-refractivity contribution in [2.24, 2.45) is 0 Å². The fraction of sp³-hybridized carbons (Fsp3) is 0.462. The smallest absolute Gasteiger partial charge is 0.242 e. The second kappa shape index (κ2) is 5.49. The second-order valence-corrected chi connectivity index (χ2v) is 6.94. The summed E-state index contributed by atoms with van der Waals surface area (Å²) < 4.78 is 38.0. The highest BCUT2D eigenvalue weighted by molar-refractivity contribution is 7.88. The van der Waals surface area contributed by atoms with Gasteiger partial charge in [0.25, 0.3) is 0 Å². The molecule has 1 amide bonds. The topological polar surface area (TPSA) is 66.5 Å². The largest absolute Gasteiger partial charge is 0.322 e. The van der Waals surface area contributed by atoms with Gasteiger partial charge in [0, 0.05) is 6.54 Å². The number of halogens is 1. The number of aryl methyl sites for hydroxylation is 1. The number of hydrogen-bond donors (Lipinski definition) is 1. The van der Waals surface area contributed by atoms with E-state index in [0.717, 1.165) is 16.1 Å². The lowest BCUT2D eigenvalue weighted by atomic mass is 10.2. The molecule has 5 nitrogen and oxygen atoms in total. The number of carbonyl (C=O) groups is 1. The molecule has 2 rings (SSSR count). The Morgan fingerprint density at radius 1 is 1.45 bits per heavy atom. The highest BCUT2D eigenvalue weighted by Gasteiger charge is 2.36. The molecule has 0 unspecified atom stereocenters. The number of benzene rings is 1. The van der Waals surface area contributed by atoms with Gasteiger partial charge in [-0.1, -0.05) is 6.07 Å². The number of nitrogens with one attached hydrogen (secondary N) is 1. The molecule has 1 aromatic rings. The molecule has 1 atom stereocenters. The molecular weight excluding hydrogens is 283 g/mol. The lowest BCUT2D eigenvalue weighted by molar-refractivity contribution is -0.119. The van der Waals surface area contributed by atoms with Crippen LogP contribution in [0.15, 0.2) is 18.2 Å². The van der Waals surface area contributed by atoms with Crippen LogP contribution in [0.25, 0.3) is 0 Å². The SMILES string of the molecule is Cc1ccc(F)c(NC(=O)[C@@H]2CCCN2S(C)(=O)=O)c1. The standard InChI is InChI=1S/C13H17FN2O3S/c1-9-5-6-10(14)11(8-9)15-13(17)12-4-3-7-16(12)20(2,18)19/h5-6,8,12H,3-4,7H2,1-2H3,(H,15,17)/t12-/m0/s1. The molecule has 0 bridgehead atoms. The van der Waals surface area contributed by atoms with E-state index in [1.54, 1.807) is 13.0 Å². The van der Waals surface area contributed by atoms with E-state index in [0.29, 0.717) is 19.4 Å². The van der Waals surface area contributed by atoms with Crippen LogP contribution in [0.2, 0.25) is 0 Å². The number of nitrogens with zero attached hydrogens (tertiary/aromatic N) is 1. The molecule has 1 aliphatic rings. The molecule has 0 spiro atoms. The minimum absolute atomic E-state index is 0.0790. The molecule has 0 aliphatic carbocycles. The maximum Gasteiger partial charge on any atom is 0.242 e. The van der Waals surface area contributed by atoms with Gasteiger partial charge in [0.2, 0.25) is 15.9 Å². The lowest BCUT2D eigenvalue weighted by Gasteiger charge is -2.21. The zero-order valence-electron chi connectivity index (χ0n) is 11.4. The summed E-state index contributed by atoms with van der Waals surface area (Å²) in [4.78, 5) is 12.2. The van der Waals surface area contributed by atoms with E-state index < -0.39 is 27.8 Å². The summed E-state index contributed by atoms with van der Waals surface area (Å²) in [5.41, 5.74) is 0.892. The Hall–Kier alpha value is -1.47. The Balaban J connectivity index is 2.18. The van der Waals surface area contributed by atoms with E-state index in [1.165, 1.54) is 12.1 Å². The van der Waals surface area contributed by atoms with Crippen LogP contribution in [0.3, 0.4) is 0 Å². The zero-order valence-corrected chi connectivity index (χ0v) is 12.2. The van der Waals surface area contributed by atoms with Crippen LogP contribution in [-0.2, 0) is 14.8 Å². The minimum Gasteiger partial charge on any atom is -0.322 e. The summed E-state index contributed by atoms with van der Waals surface area (Å²) in [5.74, 6) is -1.02. The Kier molecular flexibility index (Phi) is 4.10. The molecule has 0 aromatic heterocycles. The molecule has 110 valence electrons. The van der Waals surface area contributed by atoms with Gasteiger partial charge in [-0.25, -0.2) is 12.8 Å². The number of amides is 1. The molecule has 1 saturated heterocycles. The Morgan fingerprint density at radius 2 is 2.15 bits per heavy atom. The lowest BCUT2D eigenvalue weighted by Crippen LogP contribution is -2.42. The van der Waals surface area contributed by atoms with Crippen molar-refractivity contribution in [3.63, 3.8) is 0 Å². The highest BCUT2D eigenvalue weighted by Crippen LogP contribution is 2.23. The third kappa shape index (κ3) is 3.16. The normalized spacial score (nSPS) is 20.1. The zero-order chi connectivity index (χ0) is 14.9. The predicted molar refractivity (Wildman–Crippen MR) is 74.3 cm³/mol. The van der Waals surface area contributed by atoms with Crippen LogP contribution in [0.5, 0.6) is 0 Å². The van der Waals surface area contributed by atoms with Gasteiger partial charge in [0.05, 0.1) is 11.9 Å². The van der Waals surface area contributed by atoms with Gasteiger partial charge in [0.1, 0.15) is 11.9 Å². The number of hydrogen-bond acceptors (Lipinski definition) is 3. The average molecular weight is 300 g/mol. The van der Waals surface area contributed by atoms with Crippen LogP contribution in [0.1, 0.15) is 18.4 Å². The Morgan fingerprint density at radius 3 is 2.80 bits per heavy atom. The quantitative estimate of drug-likeness (QED) is 0.920. The van der Waals surface area contributed by atoms with Gasteiger partial charge in [-0.3, -0.25) is 4.79 Å². The molecule has 1 N–H and O–H groups in total. The fourth-order valence-corrected chi connectivity index (χ4v) is 3.47. The maximum atomic E-state index is 13.6. The van der Waals surface area contributed by atoms with E-state index in [-0.39, 0.29) is 5.69 Å². The number of anilines is 1. The number of rotatable bonds is 3. The van der Waals surface area contributed by atoms with Crippen LogP contribution in [-0.4, -0.2) is 37.5 Å². The van der Waals surface area contributed by atoms with Gasteiger partial charge < -0.3 is 5.32 Å². The first-order valence-electron chi connectivity index (χ1n) is 6.33. The van der Waals surface area contributed by atoms with Crippen molar-refractivity contribution in [2.45, 2.75) is 25.8 Å². The fourth-order valence-electron chi connectivity index (χ4n) is 2.35. The van der Waals surface area contributed by atoms with Crippen LogP contribution >= 0.6 is 0 Å². The van der Waals surface area contributed by atoms with Crippen LogP contribution < -0.4 is 5.32 Å². The monoisotopic (exact) mass is 300 g/mol. The van der Waals surface area contributed by atoms with E-state index in [4.69, 9.17) is 0 Å². The van der Waals surface area contributed by atoms with Crippen LogP contribution in [0.4, 0.5) is 10.1 Å². The van der Waals surface area contributed by atoms with Crippen molar-refractivity contribution in [2.75, 3.05) is 18.1 Å². The molecule has 7 heteroatoms. The summed E-state index contributed by atoms with van der Waals surface area (Å²) in [6, 6.07) is 3.63. The van der Waals surface area contributed by atoms with Crippen molar-refractivity contribution in [3.8, 4) is 0 Å². The van der Waals surface area contributed by atoms with Crippen molar-refractivity contribution in [3.05, 3.63) is 29.6 Å². The first kappa shape index (κ1) is 14.9. The summed E-state index contributed by atoms with van der Waals surface area (Å²) in [6.45, 7) is 2.11. The molecule has 1 heterocycles. The summed E-state index contributed by atoms with van der Waals surface area (Å²) in [6.07, 6.45) is 2.15. The first-order chi connectivity index (χ1) is 9.29. The molecule has 1 aliphatic heterocycles. The molecule has 1 aromatic carbocycles. The third-order valence-electron chi connectivity index (χ3n) is 3.31. The second-order valence-electron chi connectivity index (χ2n) is 5.00. The average Bonchev–Trinajstić information content (AvgIpc) is 2.82. The molecule has 0 radical (unpaired) electrons. The van der Waals surface area contributed by atoms with Gasteiger partial charge in [-0.2, -0.15) is 4.31 Å². The number of carbonyl (C=O) groups excluding carboxylic acids is 1. The molecular formula is C13H17FN2O3S.